The van der Waals surface area contributed by atoms with Crippen LogP contribution in [0, 0.1) is 0 Å². The highest BCUT2D eigenvalue weighted by Gasteiger charge is 2.09. The van der Waals surface area contributed by atoms with Crippen LogP contribution >= 0.6 is 34.8 Å². The van der Waals surface area contributed by atoms with Crippen molar-refractivity contribution in [3.05, 3.63) is 86.9 Å². The monoisotopic (exact) mass is 561 g/mol. The first-order chi connectivity index (χ1) is 17.9. The summed E-state index contributed by atoms with van der Waals surface area (Å²) in [4.78, 5) is 24.2. The molecule has 0 bridgehead atoms. The second-order valence-electron chi connectivity index (χ2n) is 7.84. The summed E-state index contributed by atoms with van der Waals surface area (Å²) in [5.74, 6) is 0.596. The first-order valence-corrected chi connectivity index (χ1v) is 12.7. The van der Waals surface area contributed by atoms with Crippen molar-refractivity contribution in [3.63, 3.8) is 0 Å². The molecule has 0 aliphatic rings. The number of carbonyl (C=O) groups excluding carboxylic acids is 2. The Morgan fingerprint density at radius 1 is 0.865 bits per heavy atom. The van der Waals surface area contributed by atoms with Crippen molar-refractivity contribution in [3.8, 4) is 11.5 Å². The molecule has 0 spiro atoms. The van der Waals surface area contributed by atoms with E-state index in [4.69, 9.17) is 44.3 Å². The zero-order valence-electron chi connectivity index (χ0n) is 20.1. The van der Waals surface area contributed by atoms with Gasteiger partial charge in [0.05, 0.1) is 22.9 Å². The van der Waals surface area contributed by atoms with Crippen molar-refractivity contribution in [2.24, 2.45) is 5.10 Å². The minimum Gasteiger partial charge on any atom is -0.490 e. The maximum Gasteiger partial charge on any atom is 0.240 e. The number of benzene rings is 3. The first kappa shape index (κ1) is 28.3. The molecule has 0 saturated heterocycles. The Hall–Kier alpha value is -3.26. The van der Waals surface area contributed by atoms with E-state index in [-0.39, 0.29) is 24.7 Å². The predicted molar refractivity (Wildman–Crippen MR) is 148 cm³/mol. The van der Waals surface area contributed by atoms with Gasteiger partial charge in [-0.2, -0.15) is 5.10 Å². The lowest BCUT2D eigenvalue weighted by Gasteiger charge is -2.13. The molecule has 0 aromatic heterocycles. The van der Waals surface area contributed by atoms with E-state index in [1.807, 2.05) is 31.2 Å². The predicted octanol–water partition coefficient (Wildman–Crippen LogP) is 6.88. The maximum absolute atomic E-state index is 12.1. The van der Waals surface area contributed by atoms with Gasteiger partial charge in [-0.25, -0.2) is 5.43 Å². The van der Waals surface area contributed by atoms with E-state index in [1.165, 1.54) is 6.21 Å². The molecule has 0 radical (unpaired) electrons. The van der Waals surface area contributed by atoms with Crippen LogP contribution in [0.4, 0.5) is 5.69 Å². The number of hydrogen-bond acceptors (Lipinski definition) is 5. The van der Waals surface area contributed by atoms with Crippen molar-refractivity contribution in [1.29, 1.82) is 0 Å². The van der Waals surface area contributed by atoms with Crippen LogP contribution in [-0.2, 0) is 16.2 Å². The highest BCUT2D eigenvalue weighted by Crippen LogP contribution is 2.30. The van der Waals surface area contributed by atoms with Crippen LogP contribution in [0.2, 0.25) is 15.1 Å². The van der Waals surface area contributed by atoms with Crippen LogP contribution in [0.3, 0.4) is 0 Å². The van der Waals surface area contributed by atoms with E-state index < -0.39 is 0 Å². The Morgan fingerprint density at radius 3 is 2.41 bits per heavy atom. The lowest BCUT2D eigenvalue weighted by atomic mass is 10.2. The zero-order valence-corrected chi connectivity index (χ0v) is 22.4. The third kappa shape index (κ3) is 9.28. The van der Waals surface area contributed by atoms with Crippen molar-refractivity contribution in [2.45, 2.75) is 32.8 Å². The molecular weight excluding hydrogens is 537 g/mol. The van der Waals surface area contributed by atoms with Crippen LogP contribution in [0.5, 0.6) is 11.5 Å². The van der Waals surface area contributed by atoms with Gasteiger partial charge in [0, 0.05) is 29.1 Å². The number of carbonyl (C=O) groups is 2. The molecular formula is C27H26Cl3N3O4. The van der Waals surface area contributed by atoms with Crippen molar-refractivity contribution in [1.82, 2.24) is 5.43 Å². The molecule has 10 heteroatoms. The molecule has 0 aliphatic carbocycles. The number of ether oxygens (including phenoxy) is 2. The molecule has 3 rings (SSSR count). The third-order valence-corrected chi connectivity index (χ3v) is 6.13. The largest absolute Gasteiger partial charge is 0.490 e. The van der Waals surface area contributed by atoms with Gasteiger partial charge in [-0.3, -0.25) is 9.59 Å². The minimum absolute atomic E-state index is 0.144. The molecule has 2 amide bonds. The molecule has 3 aromatic carbocycles. The highest BCUT2D eigenvalue weighted by atomic mass is 35.5. The molecule has 0 aliphatic heterocycles. The first-order valence-electron chi connectivity index (χ1n) is 11.6. The number of hydrazone groups is 1. The Morgan fingerprint density at radius 2 is 1.65 bits per heavy atom. The summed E-state index contributed by atoms with van der Waals surface area (Å²) in [7, 11) is 0. The van der Waals surface area contributed by atoms with Gasteiger partial charge in [-0.1, -0.05) is 53.0 Å². The highest BCUT2D eigenvalue weighted by molar-refractivity contribution is 6.42. The van der Waals surface area contributed by atoms with Crippen LogP contribution < -0.4 is 20.2 Å². The summed E-state index contributed by atoms with van der Waals surface area (Å²) in [6.07, 6.45) is 2.19. The van der Waals surface area contributed by atoms with Crippen molar-refractivity contribution in [2.75, 3.05) is 11.9 Å². The zero-order chi connectivity index (χ0) is 26.6. The van der Waals surface area contributed by atoms with Gasteiger partial charge in [0.1, 0.15) is 6.61 Å². The van der Waals surface area contributed by atoms with Crippen LogP contribution in [0.1, 0.15) is 37.3 Å². The van der Waals surface area contributed by atoms with E-state index in [2.05, 4.69) is 15.8 Å². The molecule has 0 heterocycles. The Balaban J connectivity index is 1.45. The lowest BCUT2D eigenvalue weighted by molar-refractivity contribution is -0.121. The van der Waals surface area contributed by atoms with Crippen molar-refractivity contribution >= 4 is 58.5 Å². The molecule has 3 aromatic rings. The summed E-state index contributed by atoms with van der Waals surface area (Å²) >= 11 is 18.0. The number of hydrogen-bond donors (Lipinski definition) is 2. The Kier molecular flexibility index (Phi) is 11.1. The standard InChI is InChI=1S/C27H26Cl3N3O4/c1-2-36-25-14-18(10-13-24(25)37-17-19-6-3-4-7-21(19)28)16-31-33-27(35)9-5-8-26(34)32-20-11-12-22(29)23(30)15-20/h3-4,6-7,10-16H,2,5,8-9,17H2,1H3,(H,32,34)(H,33,35)/b31-16-. The number of rotatable bonds is 12. The van der Waals surface area contributed by atoms with Gasteiger partial charge in [0.2, 0.25) is 11.8 Å². The van der Waals surface area contributed by atoms with Gasteiger partial charge in [0.15, 0.2) is 11.5 Å². The SMILES string of the molecule is CCOc1cc(/C=N\NC(=O)CCCC(=O)Nc2ccc(Cl)c(Cl)c2)ccc1OCc1ccccc1Cl. The van der Waals surface area contributed by atoms with Gasteiger partial charge in [0.25, 0.3) is 0 Å². The van der Waals surface area contributed by atoms with Crippen LogP contribution in [0.25, 0.3) is 0 Å². The topological polar surface area (TPSA) is 89.0 Å². The lowest BCUT2D eigenvalue weighted by Crippen LogP contribution is -2.18. The molecule has 194 valence electrons. The van der Waals surface area contributed by atoms with Gasteiger partial charge >= 0.3 is 0 Å². The van der Waals surface area contributed by atoms with E-state index in [1.54, 1.807) is 36.4 Å². The van der Waals surface area contributed by atoms with E-state index in [0.717, 1.165) is 11.1 Å². The Labute approximate surface area is 230 Å². The number of nitrogens with zero attached hydrogens (tertiary/aromatic N) is 1. The average Bonchev–Trinajstić information content (AvgIpc) is 2.87. The summed E-state index contributed by atoms with van der Waals surface area (Å²) in [5.41, 5.74) is 4.59. The van der Waals surface area contributed by atoms with Crippen LogP contribution in [0.15, 0.2) is 65.8 Å². The summed E-state index contributed by atoms with van der Waals surface area (Å²) in [6, 6.07) is 17.6. The summed E-state index contributed by atoms with van der Waals surface area (Å²) in [5, 5.41) is 8.10. The molecule has 0 atom stereocenters. The normalized spacial score (nSPS) is 10.8. The van der Waals surface area contributed by atoms with E-state index in [9.17, 15) is 9.59 Å². The fourth-order valence-corrected chi connectivity index (χ4v) is 3.69. The smallest absolute Gasteiger partial charge is 0.240 e. The molecule has 0 fully saturated rings. The number of halogens is 3. The Bertz CT molecular complexity index is 1270. The molecule has 0 saturated carbocycles. The molecule has 2 N–H and O–H groups in total. The fourth-order valence-electron chi connectivity index (χ4n) is 3.21. The quantitative estimate of drug-likeness (QED) is 0.186. The molecule has 7 nitrogen and oxygen atoms in total. The number of anilines is 1. The van der Waals surface area contributed by atoms with Crippen molar-refractivity contribution < 1.29 is 19.1 Å². The second kappa shape index (κ2) is 14.5. The van der Waals surface area contributed by atoms with E-state index in [0.29, 0.717) is 51.9 Å². The van der Waals surface area contributed by atoms with Gasteiger partial charge in [-0.15, -0.1) is 0 Å². The third-order valence-electron chi connectivity index (χ3n) is 5.02. The van der Waals surface area contributed by atoms with Gasteiger partial charge < -0.3 is 14.8 Å². The molecule has 37 heavy (non-hydrogen) atoms. The minimum atomic E-state index is -0.302. The maximum atomic E-state index is 12.1. The van der Waals surface area contributed by atoms with Gasteiger partial charge in [-0.05, 0) is 61.4 Å². The average molecular weight is 563 g/mol. The number of nitrogens with one attached hydrogen (secondary N) is 2. The summed E-state index contributed by atoms with van der Waals surface area (Å²) in [6.45, 7) is 2.64. The van der Waals surface area contributed by atoms with Crippen LogP contribution in [-0.4, -0.2) is 24.6 Å². The molecule has 0 unspecified atom stereocenters. The summed E-state index contributed by atoms with van der Waals surface area (Å²) < 4.78 is 11.6. The number of amides is 2. The fraction of sp³-hybridized carbons (Fsp3) is 0.222. The second-order valence-corrected chi connectivity index (χ2v) is 9.06. The van der Waals surface area contributed by atoms with E-state index >= 15 is 0 Å².